The molecule has 0 saturated carbocycles. The summed E-state index contributed by atoms with van der Waals surface area (Å²) in [6, 6.07) is 19.7. The molecular formula is C18H11F3N4O. The van der Waals surface area contributed by atoms with Gasteiger partial charge in [-0.3, -0.25) is 0 Å². The Kier molecular flexibility index (Phi) is 3.80. The molecule has 2 heterocycles. The molecule has 4 rings (SSSR count). The molecule has 0 radical (unpaired) electrons. The lowest BCUT2D eigenvalue weighted by molar-refractivity contribution is -0.146. The summed E-state index contributed by atoms with van der Waals surface area (Å²) in [5.74, 6) is -0.733. The second kappa shape index (κ2) is 6.14. The number of aromatic nitrogens is 4. The maximum absolute atomic E-state index is 12.9. The molecule has 4 aromatic rings. The van der Waals surface area contributed by atoms with E-state index in [2.05, 4.69) is 15.3 Å². The molecule has 8 heteroatoms. The summed E-state index contributed by atoms with van der Waals surface area (Å²) in [4.78, 5) is 0. The third-order valence-electron chi connectivity index (χ3n) is 3.66. The SMILES string of the molecule is FC(F)(F)c1nnc2ccc(Oc3cccc(-c4ccccc4)c3)nn12. The van der Waals surface area contributed by atoms with Crippen molar-refractivity contribution < 1.29 is 17.9 Å². The zero-order valence-electron chi connectivity index (χ0n) is 13.2. The molecule has 0 aliphatic carbocycles. The van der Waals surface area contributed by atoms with Crippen LogP contribution in [0.5, 0.6) is 11.6 Å². The van der Waals surface area contributed by atoms with E-state index in [9.17, 15) is 13.2 Å². The number of hydrogen-bond donors (Lipinski definition) is 0. The standard InChI is InChI=1S/C18H11F3N4O/c19-18(20,21)17-23-22-15-9-10-16(24-25(15)17)26-14-8-4-7-13(11-14)12-5-2-1-3-6-12/h1-11H. The Hall–Kier alpha value is -3.42. The van der Waals surface area contributed by atoms with Crippen molar-refractivity contribution in [3.63, 3.8) is 0 Å². The molecule has 0 spiro atoms. The highest BCUT2D eigenvalue weighted by Crippen LogP contribution is 2.29. The summed E-state index contributed by atoms with van der Waals surface area (Å²) in [6.07, 6.45) is -4.65. The van der Waals surface area contributed by atoms with E-state index in [0.717, 1.165) is 11.1 Å². The first kappa shape index (κ1) is 16.1. The average molecular weight is 356 g/mol. The minimum atomic E-state index is -4.65. The van der Waals surface area contributed by atoms with Gasteiger partial charge in [-0.25, -0.2) is 0 Å². The summed E-state index contributed by atoms with van der Waals surface area (Å²) in [5, 5.41) is 10.4. The Bertz CT molecular complexity index is 1060. The summed E-state index contributed by atoms with van der Waals surface area (Å²) >= 11 is 0. The quantitative estimate of drug-likeness (QED) is 0.538. The zero-order valence-corrected chi connectivity index (χ0v) is 13.2. The fraction of sp³-hybridized carbons (Fsp3) is 0.0556. The predicted molar refractivity (Wildman–Crippen MR) is 87.7 cm³/mol. The Labute approximate surface area is 145 Å². The van der Waals surface area contributed by atoms with Crippen LogP contribution >= 0.6 is 0 Å². The van der Waals surface area contributed by atoms with Gasteiger partial charge in [0.05, 0.1) is 0 Å². The largest absolute Gasteiger partial charge is 0.453 e. The topological polar surface area (TPSA) is 52.3 Å². The molecule has 0 atom stereocenters. The molecular weight excluding hydrogens is 345 g/mol. The van der Waals surface area contributed by atoms with Gasteiger partial charge in [0.15, 0.2) is 5.65 Å². The number of rotatable bonds is 3. The van der Waals surface area contributed by atoms with Crippen molar-refractivity contribution >= 4 is 5.65 Å². The molecule has 0 unspecified atom stereocenters. The van der Waals surface area contributed by atoms with E-state index in [1.165, 1.54) is 12.1 Å². The van der Waals surface area contributed by atoms with E-state index < -0.39 is 12.0 Å². The van der Waals surface area contributed by atoms with Gasteiger partial charge in [0.25, 0.3) is 5.82 Å². The smallest absolute Gasteiger partial charge is 0.438 e. The van der Waals surface area contributed by atoms with Crippen LogP contribution in [0.15, 0.2) is 66.7 Å². The van der Waals surface area contributed by atoms with Crippen molar-refractivity contribution in [3.05, 3.63) is 72.6 Å². The fourth-order valence-electron chi connectivity index (χ4n) is 2.49. The molecule has 26 heavy (non-hydrogen) atoms. The summed E-state index contributed by atoms with van der Waals surface area (Å²) in [6.45, 7) is 0. The van der Waals surface area contributed by atoms with Crippen LogP contribution < -0.4 is 4.74 Å². The van der Waals surface area contributed by atoms with E-state index in [4.69, 9.17) is 4.74 Å². The minimum Gasteiger partial charge on any atom is -0.438 e. The van der Waals surface area contributed by atoms with Gasteiger partial charge in [-0.1, -0.05) is 42.5 Å². The molecule has 130 valence electrons. The van der Waals surface area contributed by atoms with Crippen LogP contribution in [0.25, 0.3) is 16.8 Å². The van der Waals surface area contributed by atoms with Crippen LogP contribution in [0.2, 0.25) is 0 Å². The Morgan fingerprint density at radius 2 is 1.58 bits per heavy atom. The van der Waals surface area contributed by atoms with Gasteiger partial charge in [-0.2, -0.15) is 17.7 Å². The van der Waals surface area contributed by atoms with Crippen LogP contribution in [0.4, 0.5) is 13.2 Å². The van der Waals surface area contributed by atoms with E-state index in [-0.39, 0.29) is 11.5 Å². The van der Waals surface area contributed by atoms with Crippen molar-refractivity contribution in [2.75, 3.05) is 0 Å². The monoisotopic (exact) mass is 356 g/mol. The lowest BCUT2D eigenvalue weighted by atomic mass is 10.1. The summed E-state index contributed by atoms with van der Waals surface area (Å²) < 4.78 is 45.1. The number of nitrogens with zero attached hydrogens (tertiary/aromatic N) is 4. The lowest BCUT2D eigenvalue weighted by Crippen LogP contribution is -2.12. The van der Waals surface area contributed by atoms with Gasteiger partial charge in [-0.05, 0) is 29.3 Å². The van der Waals surface area contributed by atoms with Crippen LogP contribution in [-0.2, 0) is 6.18 Å². The van der Waals surface area contributed by atoms with E-state index in [1.807, 2.05) is 36.4 Å². The van der Waals surface area contributed by atoms with Gasteiger partial charge in [0.1, 0.15) is 5.75 Å². The number of alkyl halides is 3. The Morgan fingerprint density at radius 1 is 0.808 bits per heavy atom. The molecule has 0 bridgehead atoms. The van der Waals surface area contributed by atoms with Gasteiger partial charge in [0.2, 0.25) is 5.88 Å². The molecule has 0 N–H and O–H groups in total. The Balaban J connectivity index is 1.67. The molecule has 2 aromatic carbocycles. The summed E-state index contributed by atoms with van der Waals surface area (Å²) in [7, 11) is 0. The van der Waals surface area contributed by atoms with Crippen molar-refractivity contribution in [1.82, 2.24) is 19.8 Å². The molecule has 0 fully saturated rings. The lowest BCUT2D eigenvalue weighted by Gasteiger charge is -2.08. The third kappa shape index (κ3) is 3.08. The van der Waals surface area contributed by atoms with E-state index in [1.54, 1.807) is 18.2 Å². The molecule has 0 amide bonds. The van der Waals surface area contributed by atoms with Crippen molar-refractivity contribution in [3.8, 4) is 22.8 Å². The molecule has 0 aliphatic heterocycles. The summed E-state index contributed by atoms with van der Waals surface area (Å²) in [5.41, 5.74) is 1.91. The van der Waals surface area contributed by atoms with Crippen LogP contribution in [0.1, 0.15) is 5.82 Å². The number of halogens is 3. The van der Waals surface area contributed by atoms with E-state index in [0.29, 0.717) is 10.3 Å². The first-order chi connectivity index (χ1) is 12.5. The molecule has 5 nitrogen and oxygen atoms in total. The number of hydrogen-bond acceptors (Lipinski definition) is 4. The van der Waals surface area contributed by atoms with Crippen molar-refractivity contribution in [2.45, 2.75) is 6.18 Å². The molecule has 0 aliphatic rings. The first-order valence-electron chi connectivity index (χ1n) is 7.64. The van der Waals surface area contributed by atoms with Gasteiger partial charge in [0, 0.05) is 6.07 Å². The van der Waals surface area contributed by atoms with Crippen LogP contribution in [-0.4, -0.2) is 19.8 Å². The number of benzene rings is 2. The molecule has 0 saturated heterocycles. The average Bonchev–Trinajstić information content (AvgIpc) is 3.06. The minimum absolute atomic E-state index is 0.00742. The highest BCUT2D eigenvalue weighted by Gasteiger charge is 2.37. The van der Waals surface area contributed by atoms with Crippen LogP contribution in [0, 0.1) is 0 Å². The van der Waals surface area contributed by atoms with Gasteiger partial charge in [-0.15, -0.1) is 15.3 Å². The Morgan fingerprint density at radius 3 is 2.35 bits per heavy atom. The second-order valence-corrected chi connectivity index (χ2v) is 5.46. The van der Waals surface area contributed by atoms with Crippen LogP contribution in [0.3, 0.4) is 0 Å². The van der Waals surface area contributed by atoms with Crippen molar-refractivity contribution in [1.29, 1.82) is 0 Å². The molecule has 2 aromatic heterocycles. The highest BCUT2D eigenvalue weighted by molar-refractivity contribution is 5.65. The number of fused-ring (bicyclic) bond motifs is 1. The van der Waals surface area contributed by atoms with Crippen molar-refractivity contribution in [2.24, 2.45) is 0 Å². The normalized spacial score (nSPS) is 11.7. The highest BCUT2D eigenvalue weighted by atomic mass is 19.4. The van der Waals surface area contributed by atoms with E-state index >= 15 is 0 Å². The second-order valence-electron chi connectivity index (χ2n) is 5.46. The van der Waals surface area contributed by atoms with Gasteiger partial charge < -0.3 is 4.74 Å². The maximum atomic E-state index is 12.9. The predicted octanol–water partition coefficient (Wildman–Crippen LogP) is 4.60. The fourth-order valence-corrected chi connectivity index (χ4v) is 2.49. The number of ether oxygens (including phenoxy) is 1. The zero-order chi connectivity index (χ0) is 18.1. The maximum Gasteiger partial charge on any atom is 0.453 e. The first-order valence-corrected chi connectivity index (χ1v) is 7.64. The third-order valence-corrected chi connectivity index (χ3v) is 3.66. The van der Waals surface area contributed by atoms with Gasteiger partial charge >= 0.3 is 6.18 Å².